The molecule has 0 heterocycles. The van der Waals surface area contributed by atoms with Crippen LogP contribution in [0.15, 0.2) is 0 Å². The maximum Gasteiger partial charge on any atom is 0.305 e. The van der Waals surface area contributed by atoms with E-state index in [4.69, 9.17) is 0 Å². The Hall–Kier alpha value is -1.10. The van der Waals surface area contributed by atoms with Gasteiger partial charge in [0.05, 0.1) is 7.11 Å². The Bertz CT molecular complexity index is 173. The molecule has 5 nitrogen and oxygen atoms in total. The average Bonchev–Trinajstić information content (AvgIpc) is 2.22. The van der Waals surface area contributed by atoms with E-state index < -0.39 is 0 Å². The Morgan fingerprint density at radius 3 is 2.71 bits per heavy atom. The number of carbonyl (C=O) groups excluding carboxylic acids is 2. The second kappa shape index (κ2) is 8.50. The first-order valence-electron chi connectivity index (χ1n) is 4.65. The molecule has 0 aliphatic carbocycles. The van der Waals surface area contributed by atoms with Crippen molar-refractivity contribution < 1.29 is 14.3 Å². The Morgan fingerprint density at radius 2 is 2.21 bits per heavy atom. The number of methoxy groups -OCH3 is 1. The van der Waals surface area contributed by atoms with Crippen LogP contribution in [-0.4, -0.2) is 51.1 Å². The van der Waals surface area contributed by atoms with Crippen molar-refractivity contribution in [2.75, 3.05) is 33.8 Å². The third-order valence-electron chi connectivity index (χ3n) is 1.85. The molecule has 82 valence electrons. The zero-order valence-electron chi connectivity index (χ0n) is 8.78. The molecule has 0 bridgehead atoms. The van der Waals surface area contributed by atoms with E-state index in [1.165, 1.54) is 7.11 Å². The minimum atomic E-state index is -0.232. The average molecular weight is 202 g/mol. The Morgan fingerprint density at radius 1 is 1.50 bits per heavy atom. The van der Waals surface area contributed by atoms with E-state index in [1.807, 2.05) is 7.05 Å². The van der Waals surface area contributed by atoms with Crippen molar-refractivity contribution in [2.45, 2.75) is 12.8 Å². The number of hydrogen-bond donors (Lipinski definition) is 1. The second-order valence-electron chi connectivity index (χ2n) is 2.92. The lowest BCUT2D eigenvalue weighted by atomic mass is 10.3. The molecule has 1 amide bonds. The number of amides is 1. The first-order chi connectivity index (χ1) is 6.74. The molecule has 0 unspecified atom stereocenters. The molecule has 14 heavy (non-hydrogen) atoms. The molecular formula is C9H18N2O3. The Labute approximate surface area is 84.4 Å². The van der Waals surface area contributed by atoms with E-state index in [2.05, 4.69) is 10.1 Å². The molecule has 0 saturated carbocycles. The van der Waals surface area contributed by atoms with Crippen molar-refractivity contribution in [3.05, 3.63) is 0 Å². The summed E-state index contributed by atoms with van der Waals surface area (Å²) in [5.41, 5.74) is 0. The summed E-state index contributed by atoms with van der Waals surface area (Å²) in [5.74, 6) is -0.232. The summed E-state index contributed by atoms with van der Waals surface area (Å²) >= 11 is 0. The van der Waals surface area contributed by atoms with Crippen LogP contribution in [0.25, 0.3) is 0 Å². The van der Waals surface area contributed by atoms with Gasteiger partial charge in [-0.3, -0.25) is 9.59 Å². The summed E-state index contributed by atoms with van der Waals surface area (Å²) in [7, 11) is 3.19. The molecule has 0 aliphatic rings. The number of nitrogens with one attached hydrogen (secondary N) is 1. The molecular weight excluding hydrogens is 184 g/mol. The molecule has 0 saturated heterocycles. The molecule has 5 heteroatoms. The molecule has 1 N–H and O–H groups in total. The lowest BCUT2D eigenvalue weighted by molar-refractivity contribution is -0.141. The second-order valence-corrected chi connectivity index (χ2v) is 2.92. The maximum absolute atomic E-state index is 10.8. The number of rotatable bonds is 8. The Balaban J connectivity index is 3.51. The van der Waals surface area contributed by atoms with Gasteiger partial charge >= 0.3 is 5.97 Å². The fourth-order valence-electron chi connectivity index (χ4n) is 1.00. The smallest absolute Gasteiger partial charge is 0.305 e. The summed E-state index contributed by atoms with van der Waals surface area (Å²) in [4.78, 5) is 22.9. The highest BCUT2D eigenvalue weighted by Gasteiger charge is 2.03. The van der Waals surface area contributed by atoms with Crippen LogP contribution in [-0.2, 0) is 14.3 Å². The molecule has 0 aromatic heterocycles. The third-order valence-corrected chi connectivity index (χ3v) is 1.85. The van der Waals surface area contributed by atoms with Crippen LogP contribution < -0.4 is 5.32 Å². The lowest BCUT2D eigenvalue weighted by Crippen LogP contribution is -2.30. The zero-order valence-corrected chi connectivity index (χ0v) is 8.78. The summed E-state index contributed by atoms with van der Waals surface area (Å²) in [5, 5.41) is 2.95. The molecule has 0 aromatic rings. The quantitative estimate of drug-likeness (QED) is 0.430. The standard InChI is InChI=1S/C9H18N2O3/c1-10-5-7-11(8-12)6-3-4-9(13)14-2/h8,10H,3-7H2,1-2H3. The molecule has 0 aromatic carbocycles. The number of carbonyl (C=O) groups is 2. The predicted molar refractivity (Wildman–Crippen MR) is 52.8 cm³/mol. The van der Waals surface area contributed by atoms with Gasteiger partial charge in [0.2, 0.25) is 6.41 Å². The van der Waals surface area contributed by atoms with Crippen LogP contribution >= 0.6 is 0 Å². The lowest BCUT2D eigenvalue weighted by Gasteiger charge is -2.16. The van der Waals surface area contributed by atoms with Gasteiger partial charge in [-0.2, -0.15) is 0 Å². The summed E-state index contributed by atoms with van der Waals surface area (Å²) in [6, 6.07) is 0. The molecule has 0 aliphatic heterocycles. The summed E-state index contributed by atoms with van der Waals surface area (Å²) < 4.78 is 4.49. The van der Waals surface area contributed by atoms with Crippen molar-refractivity contribution in [1.29, 1.82) is 0 Å². The first-order valence-corrected chi connectivity index (χ1v) is 4.65. The van der Waals surface area contributed by atoms with Gasteiger partial charge in [-0.05, 0) is 13.5 Å². The third kappa shape index (κ3) is 6.42. The van der Waals surface area contributed by atoms with Crippen LogP contribution in [0.2, 0.25) is 0 Å². The monoisotopic (exact) mass is 202 g/mol. The zero-order chi connectivity index (χ0) is 10.8. The summed E-state index contributed by atoms with van der Waals surface area (Å²) in [6.45, 7) is 2.03. The largest absolute Gasteiger partial charge is 0.469 e. The SMILES string of the molecule is CNCCN(C=O)CCCC(=O)OC. The van der Waals surface area contributed by atoms with Crippen LogP contribution in [0.1, 0.15) is 12.8 Å². The molecule has 0 fully saturated rings. The van der Waals surface area contributed by atoms with Crippen molar-refractivity contribution in [2.24, 2.45) is 0 Å². The normalized spacial score (nSPS) is 9.57. The number of esters is 1. The van der Waals surface area contributed by atoms with Gasteiger partial charge in [0.25, 0.3) is 0 Å². The number of hydrogen-bond acceptors (Lipinski definition) is 4. The minimum absolute atomic E-state index is 0.232. The molecule has 0 spiro atoms. The fourth-order valence-corrected chi connectivity index (χ4v) is 1.00. The van der Waals surface area contributed by atoms with E-state index in [-0.39, 0.29) is 5.97 Å². The van der Waals surface area contributed by atoms with Gasteiger partial charge in [-0.1, -0.05) is 0 Å². The van der Waals surface area contributed by atoms with Crippen molar-refractivity contribution in [3.8, 4) is 0 Å². The van der Waals surface area contributed by atoms with E-state index in [1.54, 1.807) is 4.90 Å². The van der Waals surface area contributed by atoms with Crippen molar-refractivity contribution >= 4 is 12.4 Å². The fraction of sp³-hybridized carbons (Fsp3) is 0.778. The van der Waals surface area contributed by atoms with Gasteiger partial charge in [-0.15, -0.1) is 0 Å². The molecule has 0 radical (unpaired) electrons. The van der Waals surface area contributed by atoms with Crippen LogP contribution in [0.3, 0.4) is 0 Å². The minimum Gasteiger partial charge on any atom is -0.469 e. The molecule has 0 rings (SSSR count). The van der Waals surface area contributed by atoms with Gasteiger partial charge in [-0.25, -0.2) is 0 Å². The highest BCUT2D eigenvalue weighted by atomic mass is 16.5. The van der Waals surface area contributed by atoms with E-state index in [9.17, 15) is 9.59 Å². The van der Waals surface area contributed by atoms with Gasteiger partial charge in [0, 0.05) is 26.1 Å². The number of nitrogens with zero attached hydrogens (tertiary/aromatic N) is 1. The Kier molecular flexibility index (Phi) is 7.83. The summed E-state index contributed by atoms with van der Waals surface area (Å²) in [6.07, 6.45) is 1.81. The van der Waals surface area contributed by atoms with Crippen molar-refractivity contribution in [3.63, 3.8) is 0 Å². The number of likely N-dealkylation sites (N-methyl/N-ethyl adjacent to an activating group) is 1. The molecule has 0 atom stereocenters. The topological polar surface area (TPSA) is 58.6 Å². The van der Waals surface area contributed by atoms with Crippen LogP contribution in [0.4, 0.5) is 0 Å². The van der Waals surface area contributed by atoms with Crippen LogP contribution in [0, 0.1) is 0 Å². The van der Waals surface area contributed by atoms with E-state index >= 15 is 0 Å². The highest BCUT2D eigenvalue weighted by Crippen LogP contribution is 1.94. The highest BCUT2D eigenvalue weighted by molar-refractivity contribution is 5.69. The predicted octanol–water partition coefficient (Wildman–Crippen LogP) is -0.383. The van der Waals surface area contributed by atoms with Gasteiger partial charge in [0.1, 0.15) is 0 Å². The van der Waals surface area contributed by atoms with Gasteiger partial charge in [0.15, 0.2) is 0 Å². The van der Waals surface area contributed by atoms with Crippen LogP contribution in [0.5, 0.6) is 0 Å². The first kappa shape index (κ1) is 12.9. The number of ether oxygens (including phenoxy) is 1. The van der Waals surface area contributed by atoms with Crippen molar-refractivity contribution in [1.82, 2.24) is 10.2 Å². The van der Waals surface area contributed by atoms with Gasteiger partial charge < -0.3 is 15.0 Å². The maximum atomic E-state index is 10.8. The van der Waals surface area contributed by atoms with E-state index in [0.29, 0.717) is 25.9 Å². The van der Waals surface area contributed by atoms with E-state index in [0.717, 1.165) is 13.0 Å².